The van der Waals surface area contributed by atoms with Gasteiger partial charge in [0.25, 0.3) is 0 Å². The van der Waals surface area contributed by atoms with Crippen molar-refractivity contribution in [3.8, 4) is 5.75 Å². The number of halogens is 1. The van der Waals surface area contributed by atoms with Gasteiger partial charge in [0.05, 0.1) is 18.2 Å². The number of aromatic nitrogens is 2. The fourth-order valence-corrected chi connectivity index (χ4v) is 2.48. The third kappa shape index (κ3) is 3.09. The molecule has 2 N–H and O–H groups in total. The largest absolute Gasteiger partial charge is 0.494 e. The molecule has 102 valence electrons. The predicted molar refractivity (Wildman–Crippen MR) is 65.6 cm³/mol. The van der Waals surface area contributed by atoms with Crippen LogP contribution >= 0.6 is 0 Å². The van der Waals surface area contributed by atoms with Crippen molar-refractivity contribution >= 4 is 10.0 Å². The molecule has 1 heterocycles. The first-order valence-corrected chi connectivity index (χ1v) is 6.82. The average Bonchev–Trinajstić information content (AvgIpc) is 2.89. The lowest BCUT2D eigenvalue weighted by molar-refractivity contribution is 0.385. The lowest BCUT2D eigenvalue weighted by Crippen LogP contribution is -2.23. The Morgan fingerprint density at radius 1 is 1.47 bits per heavy atom. The molecule has 8 heteroatoms. The van der Waals surface area contributed by atoms with Crippen molar-refractivity contribution in [3.05, 3.63) is 42.0 Å². The quantitative estimate of drug-likeness (QED) is 0.859. The van der Waals surface area contributed by atoms with E-state index in [9.17, 15) is 12.8 Å². The SMILES string of the molecule is COc1ccc(S(=O)(=O)NCc2cn[nH]c2)cc1F. The van der Waals surface area contributed by atoms with E-state index in [1.165, 1.54) is 25.4 Å². The summed E-state index contributed by atoms with van der Waals surface area (Å²) in [6.45, 7) is 0.0759. The Kier molecular flexibility index (Phi) is 3.82. The molecule has 0 aliphatic rings. The van der Waals surface area contributed by atoms with Crippen LogP contribution in [-0.2, 0) is 16.6 Å². The van der Waals surface area contributed by atoms with Crippen molar-refractivity contribution in [2.75, 3.05) is 7.11 Å². The van der Waals surface area contributed by atoms with Crippen molar-refractivity contribution in [2.24, 2.45) is 0 Å². The summed E-state index contributed by atoms with van der Waals surface area (Å²) in [6.07, 6.45) is 3.06. The second-order valence-electron chi connectivity index (χ2n) is 3.73. The number of nitrogens with one attached hydrogen (secondary N) is 2. The normalized spacial score (nSPS) is 11.5. The maximum Gasteiger partial charge on any atom is 0.240 e. The highest BCUT2D eigenvalue weighted by molar-refractivity contribution is 7.89. The van der Waals surface area contributed by atoms with E-state index < -0.39 is 15.8 Å². The third-order valence-corrected chi connectivity index (χ3v) is 3.85. The van der Waals surface area contributed by atoms with Crippen molar-refractivity contribution in [2.45, 2.75) is 11.4 Å². The van der Waals surface area contributed by atoms with Crippen LogP contribution in [0.15, 0.2) is 35.5 Å². The van der Waals surface area contributed by atoms with Crippen LogP contribution < -0.4 is 9.46 Å². The molecule has 0 unspecified atom stereocenters. The second-order valence-corrected chi connectivity index (χ2v) is 5.49. The van der Waals surface area contributed by atoms with Gasteiger partial charge in [0, 0.05) is 18.3 Å². The highest BCUT2D eigenvalue weighted by atomic mass is 32.2. The van der Waals surface area contributed by atoms with E-state index in [2.05, 4.69) is 14.9 Å². The molecule has 6 nitrogen and oxygen atoms in total. The number of nitrogens with zero attached hydrogens (tertiary/aromatic N) is 1. The molecule has 0 spiro atoms. The Morgan fingerprint density at radius 3 is 2.84 bits per heavy atom. The highest BCUT2D eigenvalue weighted by Gasteiger charge is 2.16. The van der Waals surface area contributed by atoms with E-state index in [0.29, 0.717) is 5.56 Å². The van der Waals surface area contributed by atoms with Gasteiger partial charge in [-0.3, -0.25) is 5.10 Å². The molecule has 0 fully saturated rings. The van der Waals surface area contributed by atoms with Crippen LogP contribution in [0.4, 0.5) is 4.39 Å². The molecule has 1 aromatic carbocycles. The van der Waals surface area contributed by atoms with Crippen LogP contribution in [0.2, 0.25) is 0 Å². The van der Waals surface area contributed by atoms with Gasteiger partial charge in [-0.15, -0.1) is 0 Å². The van der Waals surface area contributed by atoms with Gasteiger partial charge >= 0.3 is 0 Å². The van der Waals surface area contributed by atoms with E-state index in [-0.39, 0.29) is 17.2 Å². The minimum absolute atomic E-state index is 0.00576. The number of benzene rings is 1. The van der Waals surface area contributed by atoms with Crippen molar-refractivity contribution in [1.82, 2.24) is 14.9 Å². The van der Waals surface area contributed by atoms with E-state index in [1.54, 1.807) is 6.20 Å². The molecule has 0 aliphatic carbocycles. The summed E-state index contributed by atoms with van der Waals surface area (Å²) in [5.74, 6) is -0.734. The van der Waals surface area contributed by atoms with Crippen molar-refractivity contribution in [1.29, 1.82) is 0 Å². The number of rotatable bonds is 5. The first-order chi connectivity index (χ1) is 9.03. The third-order valence-electron chi connectivity index (χ3n) is 2.45. The second kappa shape index (κ2) is 5.37. The van der Waals surface area contributed by atoms with Crippen LogP contribution in [-0.4, -0.2) is 25.7 Å². The number of hydrogen-bond donors (Lipinski definition) is 2. The van der Waals surface area contributed by atoms with Gasteiger partial charge < -0.3 is 4.74 Å². The van der Waals surface area contributed by atoms with Crippen molar-refractivity contribution < 1.29 is 17.5 Å². The van der Waals surface area contributed by atoms with Crippen LogP contribution in [0.25, 0.3) is 0 Å². The van der Waals surface area contributed by atoms with Gasteiger partial charge in [0.2, 0.25) is 10.0 Å². The predicted octanol–water partition coefficient (Wildman–Crippen LogP) is 1.04. The Balaban J connectivity index is 2.17. The zero-order valence-corrected chi connectivity index (χ0v) is 10.9. The van der Waals surface area contributed by atoms with Gasteiger partial charge in [-0.05, 0) is 18.2 Å². The van der Waals surface area contributed by atoms with Crippen molar-refractivity contribution in [3.63, 3.8) is 0 Å². The maximum absolute atomic E-state index is 13.5. The number of ether oxygens (including phenoxy) is 1. The van der Waals surface area contributed by atoms with E-state index >= 15 is 0 Å². The van der Waals surface area contributed by atoms with E-state index in [0.717, 1.165) is 6.07 Å². The molecular formula is C11H12FN3O3S. The summed E-state index contributed by atoms with van der Waals surface area (Å²) in [6, 6.07) is 3.46. The van der Waals surface area contributed by atoms with E-state index in [1.807, 2.05) is 0 Å². The molecule has 19 heavy (non-hydrogen) atoms. The maximum atomic E-state index is 13.5. The topological polar surface area (TPSA) is 84.1 Å². The lowest BCUT2D eigenvalue weighted by Gasteiger charge is -2.07. The number of methoxy groups -OCH3 is 1. The van der Waals surface area contributed by atoms with Crippen LogP contribution in [0.5, 0.6) is 5.75 Å². The number of H-pyrrole nitrogens is 1. The Hall–Kier alpha value is -1.93. The summed E-state index contributed by atoms with van der Waals surface area (Å²) in [5, 5.41) is 6.26. The molecule has 2 rings (SSSR count). The van der Waals surface area contributed by atoms with Gasteiger partial charge in [-0.25, -0.2) is 17.5 Å². The summed E-state index contributed by atoms with van der Waals surface area (Å²) in [5.41, 5.74) is 0.678. The average molecular weight is 285 g/mol. The molecule has 0 amide bonds. The van der Waals surface area contributed by atoms with Crippen LogP contribution in [0, 0.1) is 5.82 Å². The molecule has 0 bridgehead atoms. The van der Waals surface area contributed by atoms with Crippen LogP contribution in [0.3, 0.4) is 0 Å². The first kappa shape index (κ1) is 13.5. The van der Waals surface area contributed by atoms with E-state index in [4.69, 9.17) is 4.74 Å². The molecule has 0 atom stereocenters. The number of sulfonamides is 1. The molecule has 0 aliphatic heterocycles. The first-order valence-electron chi connectivity index (χ1n) is 5.34. The molecule has 0 saturated carbocycles. The minimum Gasteiger partial charge on any atom is -0.494 e. The fraction of sp³-hybridized carbons (Fsp3) is 0.182. The summed E-state index contributed by atoms with van der Waals surface area (Å²) < 4.78 is 44.4. The van der Waals surface area contributed by atoms with Gasteiger partial charge in [-0.2, -0.15) is 5.10 Å². The van der Waals surface area contributed by atoms with Crippen LogP contribution in [0.1, 0.15) is 5.56 Å². The Bertz CT molecular complexity index is 656. The summed E-state index contributed by atoms with van der Waals surface area (Å²) >= 11 is 0. The Labute approximate surface area is 109 Å². The zero-order chi connectivity index (χ0) is 13.9. The lowest BCUT2D eigenvalue weighted by atomic mass is 10.3. The fourth-order valence-electron chi connectivity index (χ4n) is 1.45. The molecule has 1 aromatic heterocycles. The number of aromatic amines is 1. The highest BCUT2D eigenvalue weighted by Crippen LogP contribution is 2.20. The summed E-state index contributed by atoms with van der Waals surface area (Å²) in [7, 11) is -2.46. The molecular weight excluding hydrogens is 273 g/mol. The standard InChI is InChI=1S/C11H12FN3O3S/c1-18-11-3-2-9(4-10(11)12)19(16,17)15-7-8-5-13-14-6-8/h2-6,15H,7H2,1H3,(H,13,14). The monoisotopic (exact) mass is 285 g/mol. The molecule has 2 aromatic rings. The molecule has 0 saturated heterocycles. The molecule has 0 radical (unpaired) electrons. The Morgan fingerprint density at radius 2 is 2.26 bits per heavy atom. The smallest absolute Gasteiger partial charge is 0.240 e. The summed E-state index contributed by atoms with van der Waals surface area (Å²) in [4.78, 5) is -0.158. The minimum atomic E-state index is -3.77. The number of hydrogen-bond acceptors (Lipinski definition) is 4. The zero-order valence-electron chi connectivity index (χ0n) is 10.1. The van der Waals surface area contributed by atoms with Gasteiger partial charge in [0.15, 0.2) is 11.6 Å². The van der Waals surface area contributed by atoms with Gasteiger partial charge in [0.1, 0.15) is 0 Å². The van der Waals surface area contributed by atoms with Gasteiger partial charge in [-0.1, -0.05) is 0 Å².